The van der Waals surface area contributed by atoms with Gasteiger partial charge in [0.25, 0.3) is 0 Å². The second-order valence-electron chi connectivity index (χ2n) is 8.71. The first-order valence-electron chi connectivity index (χ1n) is 9.92. The number of likely N-dealkylation sites (tertiary alicyclic amines) is 2. The molecule has 4 heterocycles. The molecule has 0 radical (unpaired) electrons. The van der Waals surface area contributed by atoms with Crippen molar-refractivity contribution < 1.29 is 0 Å². The van der Waals surface area contributed by atoms with Gasteiger partial charge in [-0.05, 0) is 72.8 Å². The van der Waals surface area contributed by atoms with Crippen LogP contribution >= 0.6 is 22.6 Å². The molecule has 0 saturated carbocycles. The zero-order valence-corrected chi connectivity index (χ0v) is 18.0. The van der Waals surface area contributed by atoms with E-state index in [-0.39, 0.29) is 10.8 Å². The van der Waals surface area contributed by atoms with E-state index in [4.69, 9.17) is 0 Å². The number of hydrogen-bond donors (Lipinski definition) is 2. The molecule has 2 N–H and O–H groups in total. The van der Waals surface area contributed by atoms with Crippen LogP contribution in [0.25, 0.3) is 0 Å². The molecule has 2 aromatic rings. The van der Waals surface area contributed by atoms with Gasteiger partial charge in [-0.15, -0.1) is 0 Å². The van der Waals surface area contributed by atoms with Crippen LogP contribution in [0.2, 0.25) is 0 Å². The van der Waals surface area contributed by atoms with Gasteiger partial charge in [-0.3, -0.25) is 9.80 Å². The van der Waals surface area contributed by atoms with Crippen LogP contribution < -0.4 is 10.6 Å². The monoisotopic (exact) mass is 472 g/mol. The van der Waals surface area contributed by atoms with Gasteiger partial charge >= 0.3 is 0 Å². The average Bonchev–Trinajstić information content (AvgIpc) is 3.37. The Bertz CT molecular complexity index is 946. The zero-order chi connectivity index (χ0) is 18.4. The van der Waals surface area contributed by atoms with Crippen molar-refractivity contribution in [3.8, 4) is 0 Å². The molecule has 0 aliphatic carbocycles. The molecule has 0 aromatic heterocycles. The van der Waals surface area contributed by atoms with Gasteiger partial charge in [-0.1, -0.05) is 30.3 Å². The fourth-order valence-electron chi connectivity index (χ4n) is 6.76. The lowest BCUT2D eigenvalue weighted by molar-refractivity contribution is 0.147. The molecule has 2 saturated heterocycles. The van der Waals surface area contributed by atoms with E-state index in [1.54, 1.807) is 0 Å². The number of nitrogens with zero attached hydrogens (tertiary/aromatic N) is 2. The minimum atomic E-state index is 0.0906. The van der Waals surface area contributed by atoms with Gasteiger partial charge in [0, 0.05) is 33.2 Å². The summed E-state index contributed by atoms with van der Waals surface area (Å²) in [4.78, 5) is 5.08. The Kier molecular flexibility index (Phi) is 3.32. The Morgan fingerprint density at radius 3 is 2.26 bits per heavy atom. The molecular formula is C22H25IN4. The van der Waals surface area contributed by atoms with E-state index in [0.717, 1.165) is 13.1 Å². The summed E-state index contributed by atoms with van der Waals surface area (Å²) in [5, 5.41) is 7.87. The summed E-state index contributed by atoms with van der Waals surface area (Å²) >= 11 is 2.50. The minimum absolute atomic E-state index is 0.0906. The third-order valence-electron chi connectivity index (χ3n) is 7.80. The molecule has 0 amide bonds. The number of rotatable bonds is 1. The molecule has 140 valence electrons. The predicted octanol–water partition coefficient (Wildman–Crippen LogP) is 3.64. The molecule has 2 fully saturated rings. The highest BCUT2D eigenvalue weighted by atomic mass is 127. The highest BCUT2D eigenvalue weighted by molar-refractivity contribution is 14.1. The quantitative estimate of drug-likeness (QED) is 0.621. The van der Waals surface area contributed by atoms with Crippen molar-refractivity contribution in [2.45, 2.75) is 36.0 Å². The number of benzene rings is 2. The van der Waals surface area contributed by atoms with Crippen LogP contribution in [0.4, 0.5) is 11.4 Å². The van der Waals surface area contributed by atoms with Crippen molar-refractivity contribution in [2.24, 2.45) is 0 Å². The number of likely N-dealkylation sites (N-methyl/N-ethyl adjacent to an activating group) is 2. The molecule has 5 heteroatoms. The lowest BCUT2D eigenvalue weighted by Gasteiger charge is -2.48. The van der Waals surface area contributed by atoms with Gasteiger partial charge in [-0.25, -0.2) is 0 Å². The summed E-state index contributed by atoms with van der Waals surface area (Å²) in [6.07, 6.45) is 3.11. The van der Waals surface area contributed by atoms with Crippen molar-refractivity contribution in [3.05, 3.63) is 57.2 Å². The van der Waals surface area contributed by atoms with Crippen molar-refractivity contribution in [1.29, 1.82) is 0 Å². The summed E-state index contributed by atoms with van der Waals surface area (Å²) in [5.74, 6) is 0. The molecule has 4 aliphatic heterocycles. The number of fused-ring (bicyclic) bond motifs is 7. The van der Waals surface area contributed by atoms with E-state index >= 15 is 0 Å². The Labute approximate surface area is 174 Å². The summed E-state index contributed by atoms with van der Waals surface area (Å²) in [5.41, 5.74) is 5.93. The van der Waals surface area contributed by atoms with E-state index < -0.39 is 0 Å². The third-order valence-corrected chi connectivity index (χ3v) is 8.70. The van der Waals surface area contributed by atoms with Crippen LogP contribution in [0.1, 0.15) is 24.0 Å². The van der Waals surface area contributed by atoms with Gasteiger partial charge in [0.05, 0.1) is 18.0 Å². The molecule has 2 aromatic carbocycles. The van der Waals surface area contributed by atoms with Crippen molar-refractivity contribution >= 4 is 34.0 Å². The van der Waals surface area contributed by atoms with Crippen LogP contribution in [-0.4, -0.2) is 49.3 Å². The highest BCUT2D eigenvalue weighted by Crippen LogP contribution is 2.66. The fraction of sp³-hybridized carbons (Fsp3) is 0.455. The molecule has 6 rings (SSSR count). The summed E-state index contributed by atoms with van der Waals surface area (Å²) in [6, 6.07) is 15.9. The van der Waals surface area contributed by atoms with Crippen molar-refractivity contribution in [3.63, 3.8) is 0 Å². The molecule has 0 spiro atoms. The maximum Gasteiger partial charge on any atom is 0.0901 e. The SMILES string of the molecule is CN1CC[C@]2([C@@]34CCN(C)[C@@H]3Nc3ccccc34)c3cccc(I)c3N[C@H]12. The first kappa shape index (κ1) is 16.6. The third kappa shape index (κ3) is 1.77. The van der Waals surface area contributed by atoms with E-state index in [2.05, 4.69) is 99.6 Å². The second kappa shape index (κ2) is 5.39. The van der Waals surface area contributed by atoms with E-state index in [9.17, 15) is 0 Å². The summed E-state index contributed by atoms with van der Waals surface area (Å²) in [7, 11) is 4.57. The molecule has 27 heavy (non-hydrogen) atoms. The smallest absolute Gasteiger partial charge is 0.0901 e. The lowest BCUT2D eigenvalue weighted by atomic mass is 9.55. The van der Waals surface area contributed by atoms with E-state index in [0.29, 0.717) is 12.3 Å². The molecule has 4 atom stereocenters. The Balaban J connectivity index is 1.68. The van der Waals surface area contributed by atoms with Crippen LogP contribution in [-0.2, 0) is 10.8 Å². The Hall–Kier alpha value is -1.31. The number of hydrogen-bond acceptors (Lipinski definition) is 4. The molecule has 4 aliphatic rings. The normalized spacial score (nSPS) is 36.7. The number of halogens is 1. The zero-order valence-electron chi connectivity index (χ0n) is 15.8. The largest absolute Gasteiger partial charge is 0.369 e. The number of anilines is 2. The van der Waals surface area contributed by atoms with Crippen LogP contribution in [0, 0.1) is 3.57 Å². The van der Waals surface area contributed by atoms with Crippen LogP contribution in [0.5, 0.6) is 0 Å². The first-order chi connectivity index (χ1) is 13.1. The number of para-hydroxylation sites is 2. The summed E-state index contributed by atoms with van der Waals surface area (Å²) < 4.78 is 1.34. The molecule has 0 bridgehead atoms. The lowest BCUT2D eigenvalue weighted by Crippen LogP contribution is -2.60. The van der Waals surface area contributed by atoms with E-state index in [1.165, 1.54) is 38.9 Å². The van der Waals surface area contributed by atoms with Gasteiger partial charge in [0.15, 0.2) is 0 Å². The topological polar surface area (TPSA) is 30.5 Å². The molecular weight excluding hydrogens is 447 g/mol. The Morgan fingerprint density at radius 2 is 1.48 bits per heavy atom. The number of nitrogens with one attached hydrogen (secondary N) is 2. The van der Waals surface area contributed by atoms with Crippen molar-refractivity contribution in [2.75, 3.05) is 37.8 Å². The highest BCUT2D eigenvalue weighted by Gasteiger charge is 2.71. The molecule has 0 unspecified atom stereocenters. The van der Waals surface area contributed by atoms with Gasteiger partial charge in [0.1, 0.15) is 0 Å². The predicted molar refractivity (Wildman–Crippen MR) is 118 cm³/mol. The van der Waals surface area contributed by atoms with Crippen molar-refractivity contribution in [1.82, 2.24) is 9.80 Å². The fourth-order valence-corrected chi connectivity index (χ4v) is 7.41. The maximum atomic E-state index is 3.96. The summed E-state index contributed by atoms with van der Waals surface area (Å²) in [6.45, 7) is 2.28. The maximum absolute atomic E-state index is 3.96. The second-order valence-corrected chi connectivity index (χ2v) is 9.87. The van der Waals surface area contributed by atoms with Crippen LogP contribution in [0.15, 0.2) is 42.5 Å². The van der Waals surface area contributed by atoms with Gasteiger partial charge in [0.2, 0.25) is 0 Å². The minimum Gasteiger partial charge on any atom is -0.369 e. The standard InChI is InChI=1S/C22H25IN4/c1-26-12-10-21(14-6-3-4-9-17(14)24-19(21)26)22-11-13-27(2)20(22)25-18-15(22)7-5-8-16(18)23/h3-9,19-20,24-25H,10-13H2,1-2H3/t19-,20+,21+,22-/m0/s1. The van der Waals surface area contributed by atoms with Gasteiger partial charge in [-0.2, -0.15) is 0 Å². The molecule has 4 nitrogen and oxygen atoms in total. The van der Waals surface area contributed by atoms with Gasteiger partial charge < -0.3 is 10.6 Å². The van der Waals surface area contributed by atoms with Crippen LogP contribution in [0.3, 0.4) is 0 Å². The Morgan fingerprint density at radius 1 is 0.852 bits per heavy atom. The van der Waals surface area contributed by atoms with E-state index in [1.807, 2.05) is 0 Å². The average molecular weight is 472 g/mol. The first-order valence-corrected chi connectivity index (χ1v) is 11.0.